The fourth-order valence-electron chi connectivity index (χ4n) is 4.04. The first kappa shape index (κ1) is 13.4. The second-order valence-electron chi connectivity index (χ2n) is 8.33. The number of fused-ring (bicyclic) bond motifs is 1. The maximum Gasteiger partial charge on any atom is 0.0196 e. The van der Waals surface area contributed by atoms with Crippen LogP contribution < -0.4 is 0 Å². The zero-order chi connectivity index (χ0) is 13.2. The number of likely N-dealkylation sites (tertiary alicyclic amines) is 1. The Labute approximate surface area is 107 Å². The fraction of sp³-hybridized carbons (Fsp3) is 1.00. The summed E-state index contributed by atoms with van der Waals surface area (Å²) in [4.78, 5) is 5.19. The van der Waals surface area contributed by atoms with Crippen molar-refractivity contribution in [2.75, 3.05) is 20.6 Å². The van der Waals surface area contributed by atoms with Crippen molar-refractivity contribution in [3.8, 4) is 0 Å². The first-order valence-electron chi connectivity index (χ1n) is 6.98. The molecule has 17 heavy (non-hydrogen) atoms. The average molecular weight is 238 g/mol. The van der Waals surface area contributed by atoms with Gasteiger partial charge >= 0.3 is 0 Å². The van der Waals surface area contributed by atoms with Crippen molar-refractivity contribution in [2.24, 2.45) is 17.3 Å². The topological polar surface area (TPSA) is 6.48 Å². The highest BCUT2D eigenvalue weighted by atomic mass is 15.3. The predicted molar refractivity (Wildman–Crippen MR) is 74.2 cm³/mol. The third-order valence-corrected chi connectivity index (χ3v) is 4.64. The minimum atomic E-state index is 0.308. The maximum atomic E-state index is 2.75. The Kier molecular flexibility index (Phi) is 2.91. The summed E-state index contributed by atoms with van der Waals surface area (Å²) in [6.45, 7) is 15.6. The van der Waals surface area contributed by atoms with Gasteiger partial charge in [-0.2, -0.15) is 0 Å². The second kappa shape index (κ2) is 3.71. The van der Waals surface area contributed by atoms with Gasteiger partial charge in [-0.05, 0) is 52.1 Å². The van der Waals surface area contributed by atoms with Crippen LogP contribution >= 0.6 is 0 Å². The molecule has 1 aliphatic carbocycles. The summed E-state index contributed by atoms with van der Waals surface area (Å²) in [7, 11) is 4.48. The fourth-order valence-corrected chi connectivity index (χ4v) is 4.04. The zero-order valence-corrected chi connectivity index (χ0v) is 12.9. The average Bonchev–Trinajstić information content (AvgIpc) is 2.62. The molecule has 0 N–H and O–H groups in total. The lowest BCUT2D eigenvalue weighted by Crippen LogP contribution is -2.53. The van der Waals surface area contributed by atoms with Crippen LogP contribution in [0.5, 0.6) is 0 Å². The standard InChI is InChI=1S/C15H30N2/c1-14(2,3)13-11-10(12(11)16(7)8)9-17(13)15(4,5)6/h10-13H,9H2,1-8H3/t10-,11+,12+,13+/m1/s1. The molecule has 2 nitrogen and oxygen atoms in total. The van der Waals surface area contributed by atoms with Gasteiger partial charge in [-0.15, -0.1) is 0 Å². The van der Waals surface area contributed by atoms with Gasteiger partial charge in [0.2, 0.25) is 0 Å². The van der Waals surface area contributed by atoms with Crippen molar-refractivity contribution >= 4 is 0 Å². The van der Waals surface area contributed by atoms with Crippen LogP contribution in [-0.4, -0.2) is 48.1 Å². The molecule has 0 radical (unpaired) electrons. The molecule has 2 heteroatoms. The molecule has 1 saturated carbocycles. The lowest BCUT2D eigenvalue weighted by molar-refractivity contribution is 0.0263. The lowest BCUT2D eigenvalue weighted by atomic mass is 9.81. The molecule has 100 valence electrons. The molecular formula is C15H30N2. The molecule has 2 rings (SSSR count). The molecule has 1 saturated heterocycles. The van der Waals surface area contributed by atoms with Crippen LogP contribution in [0.2, 0.25) is 0 Å². The molecule has 1 aliphatic heterocycles. The number of hydrogen-bond acceptors (Lipinski definition) is 2. The van der Waals surface area contributed by atoms with Gasteiger partial charge in [-0.25, -0.2) is 0 Å². The normalized spacial score (nSPS) is 38.6. The summed E-state index contributed by atoms with van der Waals surface area (Å²) in [5, 5.41) is 0. The first-order chi connectivity index (χ1) is 7.55. The summed E-state index contributed by atoms with van der Waals surface area (Å²) in [6, 6.07) is 1.57. The largest absolute Gasteiger partial charge is 0.306 e. The molecule has 2 aliphatic rings. The van der Waals surface area contributed by atoms with Crippen LogP contribution in [0.4, 0.5) is 0 Å². The van der Waals surface area contributed by atoms with Crippen molar-refractivity contribution in [1.29, 1.82) is 0 Å². The quantitative estimate of drug-likeness (QED) is 0.693. The van der Waals surface area contributed by atoms with Crippen LogP contribution in [0, 0.1) is 17.3 Å². The first-order valence-corrected chi connectivity index (χ1v) is 6.98. The van der Waals surface area contributed by atoms with E-state index in [2.05, 4.69) is 65.4 Å². The van der Waals surface area contributed by atoms with E-state index < -0.39 is 0 Å². The van der Waals surface area contributed by atoms with Crippen molar-refractivity contribution in [2.45, 2.75) is 59.2 Å². The van der Waals surface area contributed by atoms with Crippen LogP contribution in [0.3, 0.4) is 0 Å². The lowest BCUT2D eigenvalue weighted by Gasteiger charge is -2.46. The summed E-state index contributed by atoms with van der Waals surface area (Å²) in [5.74, 6) is 1.80. The molecule has 0 aromatic rings. The van der Waals surface area contributed by atoms with Crippen molar-refractivity contribution in [3.05, 3.63) is 0 Å². The van der Waals surface area contributed by atoms with E-state index in [1.807, 2.05) is 0 Å². The predicted octanol–water partition coefficient (Wildman–Crippen LogP) is 2.69. The summed E-state index contributed by atoms with van der Waals surface area (Å²) < 4.78 is 0. The van der Waals surface area contributed by atoms with Gasteiger partial charge in [0.15, 0.2) is 0 Å². The second-order valence-corrected chi connectivity index (χ2v) is 8.33. The highest BCUT2D eigenvalue weighted by molar-refractivity contribution is 5.18. The minimum absolute atomic E-state index is 0.308. The maximum absolute atomic E-state index is 2.75. The number of nitrogens with zero attached hydrogens (tertiary/aromatic N) is 2. The van der Waals surface area contributed by atoms with E-state index in [1.165, 1.54) is 6.54 Å². The summed E-state index contributed by atoms with van der Waals surface area (Å²) >= 11 is 0. The molecule has 0 amide bonds. The van der Waals surface area contributed by atoms with E-state index in [1.54, 1.807) is 0 Å². The summed E-state index contributed by atoms with van der Waals surface area (Å²) in [6.07, 6.45) is 0. The third-order valence-electron chi connectivity index (χ3n) is 4.64. The monoisotopic (exact) mass is 238 g/mol. The van der Waals surface area contributed by atoms with E-state index in [9.17, 15) is 0 Å². The number of hydrogen-bond donors (Lipinski definition) is 0. The van der Waals surface area contributed by atoms with Crippen molar-refractivity contribution in [1.82, 2.24) is 9.80 Å². The van der Waals surface area contributed by atoms with E-state index in [4.69, 9.17) is 0 Å². The summed E-state index contributed by atoms with van der Waals surface area (Å²) in [5.41, 5.74) is 0.694. The third kappa shape index (κ3) is 2.15. The zero-order valence-electron chi connectivity index (χ0n) is 12.9. The molecule has 0 aromatic carbocycles. The van der Waals surface area contributed by atoms with Gasteiger partial charge in [-0.1, -0.05) is 20.8 Å². The highest BCUT2D eigenvalue weighted by Gasteiger charge is 2.65. The Morgan fingerprint density at radius 2 is 1.53 bits per heavy atom. The van der Waals surface area contributed by atoms with Crippen LogP contribution in [0.25, 0.3) is 0 Å². The van der Waals surface area contributed by atoms with Crippen LogP contribution in [0.1, 0.15) is 41.5 Å². The molecule has 0 aromatic heterocycles. The Morgan fingerprint density at radius 3 is 1.88 bits per heavy atom. The van der Waals surface area contributed by atoms with Gasteiger partial charge in [0.1, 0.15) is 0 Å². The minimum Gasteiger partial charge on any atom is -0.306 e. The van der Waals surface area contributed by atoms with E-state index in [0.29, 0.717) is 11.0 Å². The van der Waals surface area contributed by atoms with Crippen molar-refractivity contribution < 1.29 is 0 Å². The van der Waals surface area contributed by atoms with E-state index >= 15 is 0 Å². The smallest absolute Gasteiger partial charge is 0.0196 e. The van der Waals surface area contributed by atoms with Crippen LogP contribution in [-0.2, 0) is 0 Å². The SMILES string of the molecule is CN(C)[C@H]1[C@@H]2CN(C(C)(C)C)[C@H](C(C)(C)C)[C@@H]21. The number of rotatable bonds is 1. The highest BCUT2D eigenvalue weighted by Crippen LogP contribution is 2.57. The molecule has 2 fully saturated rings. The molecule has 0 bridgehead atoms. The van der Waals surface area contributed by atoms with Gasteiger partial charge in [0.25, 0.3) is 0 Å². The van der Waals surface area contributed by atoms with Gasteiger partial charge < -0.3 is 4.90 Å². The van der Waals surface area contributed by atoms with Gasteiger partial charge in [0, 0.05) is 24.2 Å². The molecular weight excluding hydrogens is 208 g/mol. The van der Waals surface area contributed by atoms with E-state index in [-0.39, 0.29) is 0 Å². The Balaban J connectivity index is 2.21. The molecule has 0 spiro atoms. The molecule has 0 unspecified atom stereocenters. The van der Waals surface area contributed by atoms with Crippen molar-refractivity contribution in [3.63, 3.8) is 0 Å². The molecule has 1 heterocycles. The Hall–Kier alpha value is -0.0800. The molecule has 4 atom stereocenters. The number of piperidine rings is 1. The van der Waals surface area contributed by atoms with Crippen LogP contribution in [0.15, 0.2) is 0 Å². The van der Waals surface area contributed by atoms with Gasteiger partial charge in [-0.3, -0.25) is 4.90 Å². The van der Waals surface area contributed by atoms with Gasteiger partial charge in [0.05, 0.1) is 0 Å². The Bertz CT molecular complexity index is 295. The van der Waals surface area contributed by atoms with E-state index in [0.717, 1.165) is 23.9 Å². The Morgan fingerprint density at radius 1 is 1.00 bits per heavy atom.